The molecule has 0 amide bonds. The minimum atomic E-state index is -0.560. The van der Waals surface area contributed by atoms with Crippen LogP contribution < -0.4 is 10.6 Å². The fourth-order valence-corrected chi connectivity index (χ4v) is 4.75. The summed E-state index contributed by atoms with van der Waals surface area (Å²) in [5, 5.41) is 17.4. The van der Waals surface area contributed by atoms with Gasteiger partial charge in [-0.25, -0.2) is 5.10 Å². The minimum Gasteiger partial charge on any atom is -0.384 e. The van der Waals surface area contributed by atoms with Crippen molar-refractivity contribution in [2.24, 2.45) is 5.73 Å². The summed E-state index contributed by atoms with van der Waals surface area (Å²) in [5.74, 6) is 0.0407. The lowest BCUT2D eigenvalue weighted by Crippen LogP contribution is -2.40. The first-order chi connectivity index (χ1) is 15.6. The van der Waals surface area contributed by atoms with Crippen molar-refractivity contribution in [2.45, 2.75) is 24.7 Å². The number of carbonyl (C=O) groups excluding carboxylic acids is 1. The number of halogens is 1. The average molecular weight is 443 g/mol. The fourth-order valence-electron chi connectivity index (χ4n) is 4.63. The van der Waals surface area contributed by atoms with Gasteiger partial charge in [-0.3, -0.25) is 9.69 Å². The molecule has 2 atom stereocenters. The van der Waals surface area contributed by atoms with Gasteiger partial charge in [-0.2, -0.15) is 15.3 Å². The number of nitrogens with one attached hydrogen (secondary N) is 1. The molecule has 2 heterocycles. The van der Waals surface area contributed by atoms with Crippen LogP contribution in [-0.4, -0.2) is 21.0 Å². The van der Waals surface area contributed by atoms with Crippen LogP contribution in [0.15, 0.2) is 83.6 Å². The monoisotopic (exact) mass is 442 g/mol. The van der Waals surface area contributed by atoms with Crippen molar-refractivity contribution in [3.63, 3.8) is 0 Å². The number of aromatic nitrogens is 3. The molecular formula is C24H19ClN6O. The zero-order valence-electron chi connectivity index (χ0n) is 17.0. The van der Waals surface area contributed by atoms with Gasteiger partial charge in [0, 0.05) is 22.7 Å². The second-order valence-electron chi connectivity index (χ2n) is 7.84. The van der Waals surface area contributed by atoms with Crippen LogP contribution in [-0.2, 0) is 4.79 Å². The Labute approximate surface area is 189 Å². The van der Waals surface area contributed by atoms with Gasteiger partial charge in [0.05, 0.1) is 17.6 Å². The molecule has 0 saturated heterocycles. The van der Waals surface area contributed by atoms with Crippen LogP contribution in [0.4, 0.5) is 5.95 Å². The number of H-pyrrole nitrogens is 1. The van der Waals surface area contributed by atoms with Gasteiger partial charge in [0.2, 0.25) is 5.95 Å². The van der Waals surface area contributed by atoms with E-state index >= 15 is 0 Å². The molecule has 3 aromatic rings. The molecule has 3 N–H and O–H groups in total. The Morgan fingerprint density at radius 1 is 1.09 bits per heavy atom. The van der Waals surface area contributed by atoms with E-state index in [0.717, 1.165) is 16.8 Å². The number of hydrogen-bond acceptors (Lipinski definition) is 6. The summed E-state index contributed by atoms with van der Waals surface area (Å²) < 4.78 is 0. The number of benzene rings is 2. The third-order valence-electron chi connectivity index (χ3n) is 6.06. The Morgan fingerprint density at radius 3 is 2.50 bits per heavy atom. The van der Waals surface area contributed by atoms with E-state index in [9.17, 15) is 10.1 Å². The largest absolute Gasteiger partial charge is 0.384 e. The third-order valence-corrected chi connectivity index (χ3v) is 6.31. The Kier molecular flexibility index (Phi) is 5.00. The van der Waals surface area contributed by atoms with Crippen LogP contribution >= 0.6 is 11.6 Å². The normalized spacial score (nSPS) is 20.9. The van der Waals surface area contributed by atoms with E-state index < -0.39 is 5.92 Å². The first-order valence-electron chi connectivity index (χ1n) is 10.2. The molecule has 8 heteroatoms. The van der Waals surface area contributed by atoms with E-state index in [1.807, 2.05) is 42.5 Å². The highest BCUT2D eigenvalue weighted by Gasteiger charge is 2.43. The second kappa shape index (κ2) is 7.98. The summed E-state index contributed by atoms with van der Waals surface area (Å²) >= 11 is 6.09. The van der Waals surface area contributed by atoms with Crippen molar-refractivity contribution in [1.29, 1.82) is 5.26 Å². The van der Waals surface area contributed by atoms with Crippen LogP contribution in [0.2, 0.25) is 5.02 Å². The van der Waals surface area contributed by atoms with Crippen LogP contribution in [0.25, 0.3) is 0 Å². The lowest BCUT2D eigenvalue weighted by Gasteiger charge is -2.40. The van der Waals surface area contributed by atoms with E-state index in [1.54, 1.807) is 17.0 Å². The molecule has 0 radical (unpaired) electrons. The molecule has 0 saturated carbocycles. The number of nitrogens with two attached hydrogens (primary N) is 1. The number of nitrogens with zero attached hydrogens (tertiary/aromatic N) is 4. The molecule has 0 fully saturated rings. The van der Waals surface area contributed by atoms with Gasteiger partial charge in [-0.1, -0.05) is 54.1 Å². The molecule has 7 nitrogen and oxygen atoms in total. The van der Waals surface area contributed by atoms with Crippen molar-refractivity contribution >= 4 is 23.3 Å². The first kappa shape index (κ1) is 20.0. The maximum atomic E-state index is 13.6. The van der Waals surface area contributed by atoms with Crippen molar-refractivity contribution < 1.29 is 4.79 Å². The zero-order chi connectivity index (χ0) is 22.2. The quantitative estimate of drug-likeness (QED) is 0.630. The summed E-state index contributed by atoms with van der Waals surface area (Å²) in [6.45, 7) is 0. The lowest BCUT2D eigenvalue weighted by molar-refractivity contribution is -0.116. The maximum Gasteiger partial charge on any atom is 0.231 e. The highest BCUT2D eigenvalue weighted by Crippen LogP contribution is 2.48. The molecule has 1 aliphatic carbocycles. The number of hydrogen-bond donors (Lipinski definition) is 2. The van der Waals surface area contributed by atoms with Crippen molar-refractivity contribution in [1.82, 2.24) is 15.2 Å². The highest BCUT2D eigenvalue weighted by molar-refractivity contribution is 6.30. The molecule has 0 bridgehead atoms. The summed E-state index contributed by atoms with van der Waals surface area (Å²) in [4.78, 5) is 19.5. The Hall–Kier alpha value is -3.89. The number of allylic oxidation sites excluding steroid dienone is 3. The molecule has 2 aliphatic rings. The number of ketones is 1. The molecule has 5 rings (SSSR count). The molecule has 32 heavy (non-hydrogen) atoms. The molecule has 2 aromatic carbocycles. The molecule has 0 spiro atoms. The fraction of sp³-hybridized carbons (Fsp3) is 0.167. The minimum absolute atomic E-state index is 0.00447. The molecule has 158 valence electrons. The van der Waals surface area contributed by atoms with Crippen LogP contribution in [0, 0.1) is 11.3 Å². The standard InChI is InChI=1S/C24H19ClN6O/c25-17-8-6-15(7-9-17)21-18(12-26)23(27)31(24-28-13-29-30-24)19-10-16(11-20(32)22(19)21)14-4-2-1-3-5-14/h1-9,13,16,21H,10-11,27H2,(H,28,29,30)/t16-,21+/m1/s1. The first-order valence-corrected chi connectivity index (χ1v) is 10.6. The average Bonchev–Trinajstić information content (AvgIpc) is 3.34. The number of rotatable bonds is 3. The van der Waals surface area contributed by atoms with E-state index in [4.69, 9.17) is 17.3 Å². The predicted molar refractivity (Wildman–Crippen MR) is 120 cm³/mol. The lowest BCUT2D eigenvalue weighted by atomic mass is 9.72. The molecule has 1 aromatic heterocycles. The van der Waals surface area contributed by atoms with Gasteiger partial charge in [0.25, 0.3) is 0 Å². The third kappa shape index (κ3) is 3.26. The van der Waals surface area contributed by atoms with E-state index in [1.165, 1.54) is 6.33 Å². The van der Waals surface area contributed by atoms with E-state index in [2.05, 4.69) is 21.3 Å². The second-order valence-corrected chi connectivity index (χ2v) is 8.28. The SMILES string of the molecule is N#CC1=C(N)N(c2ncn[nH]2)C2=C(C(=O)C[C@H](c3ccccc3)C2)[C@H]1c1ccc(Cl)cc1. The van der Waals surface area contributed by atoms with Gasteiger partial charge < -0.3 is 5.73 Å². The Bertz CT molecular complexity index is 1270. The van der Waals surface area contributed by atoms with Gasteiger partial charge in [0.15, 0.2) is 5.78 Å². The number of carbonyl (C=O) groups is 1. The topological polar surface area (TPSA) is 112 Å². The predicted octanol–water partition coefficient (Wildman–Crippen LogP) is 4.16. The Morgan fingerprint density at radius 2 is 1.84 bits per heavy atom. The van der Waals surface area contributed by atoms with Gasteiger partial charge in [0.1, 0.15) is 12.1 Å². The van der Waals surface area contributed by atoms with Gasteiger partial charge >= 0.3 is 0 Å². The molecule has 0 unspecified atom stereocenters. The smallest absolute Gasteiger partial charge is 0.231 e. The maximum absolute atomic E-state index is 13.6. The summed E-state index contributed by atoms with van der Waals surface area (Å²) in [6.07, 6.45) is 2.31. The van der Waals surface area contributed by atoms with Gasteiger partial charge in [-0.05, 0) is 35.6 Å². The molecule has 1 aliphatic heterocycles. The van der Waals surface area contributed by atoms with Crippen LogP contribution in [0.5, 0.6) is 0 Å². The van der Waals surface area contributed by atoms with Crippen molar-refractivity contribution in [2.75, 3.05) is 4.90 Å². The van der Waals surface area contributed by atoms with Crippen LogP contribution in [0.3, 0.4) is 0 Å². The Balaban J connectivity index is 1.71. The van der Waals surface area contributed by atoms with E-state index in [-0.39, 0.29) is 17.5 Å². The van der Waals surface area contributed by atoms with E-state index in [0.29, 0.717) is 35.0 Å². The van der Waals surface area contributed by atoms with Crippen molar-refractivity contribution in [3.05, 3.63) is 99.7 Å². The number of Topliss-reactive ketones (excluding diaryl/α,β-unsaturated/α-hetero) is 1. The molecular weight excluding hydrogens is 424 g/mol. The number of anilines is 1. The van der Waals surface area contributed by atoms with Crippen molar-refractivity contribution in [3.8, 4) is 6.07 Å². The van der Waals surface area contributed by atoms with Crippen LogP contribution in [0.1, 0.15) is 35.8 Å². The zero-order valence-corrected chi connectivity index (χ0v) is 17.8. The summed E-state index contributed by atoms with van der Waals surface area (Å²) in [7, 11) is 0. The number of nitriles is 1. The van der Waals surface area contributed by atoms with Gasteiger partial charge in [-0.15, -0.1) is 0 Å². The summed E-state index contributed by atoms with van der Waals surface area (Å²) in [5.41, 5.74) is 10.0. The summed E-state index contributed by atoms with van der Waals surface area (Å²) in [6, 6.07) is 19.4. The number of aromatic amines is 1. The highest BCUT2D eigenvalue weighted by atomic mass is 35.5.